The number of carbonyl (C=O) groups is 2. The SMILES string of the molecule is CCNC(=O)[C@H](C)N(Cc1ccccc1C)C(=O)CCc1ccc(C(C)C)cc1. The predicted molar refractivity (Wildman–Crippen MR) is 119 cm³/mol. The van der Waals surface area contributed by atoms with E-state index in [9.17, 15) is 9.59 Å². The first-order valence-corrected chi connectivity index (χ1v) is 10.5. The highest BCUT2D eigenvalue weighted by Crippen LogP contribution is 2.18. The van der Waals surface area contributed by atoms with E-state index in [1.165, 1.54) is 5.56 Å². The second-order valence-corrected chi connectivity index (χ2v) is 7.91. The van der Waals surface area contributed by atoms with E-state index in [1.807, 2.05) is 38.1 Å². The lowest BCUT2D eigenvalue weighted by atomic mass is 10.00. The Balaban J connectivity index is 2.12. The summed E-state index contributed by atoms with van der Waals surface area (Å²) in [6, 6.07) is 16.0. The molecule has 0 fully saturated rings. The normalized spacial score (nSPS) is 11.9. The summed E-state index contributed by atoms with van der Waals surface area (Å²) in [6.07, 6.45) is 1.06. The van der Waals surface area contributed by atoms with Crippen molar-refractivity contribution in [1.29, 1.82) is 0 Å². The van der Waals surface area contributed by atoms with Crippen molar-refractivity contribution in [3.05, 3.63) is 70.8 Å². The second kappa shape index (κ2) is 10.8. The molecule has 2 rings (SSSR count). The maximum atomic E-state index is 13.1. The maximum Gasteiger partial charge on any atom is 0.242 e. The van der Waals surface area contributed by atoms with Gasteiger partial charge in [0.05, 0.1) is 0 Å². The van der Waals surface area contributed by atoms with Crippen LogP contribution >= 0.6 is 0 Å². The van der Waals surface area contributed by atoms with Crippen molar-refractivity contribution < 1.29 is 9.59 Å². The molecule has 0 spiro atoms. The Kier molecular flexibility index (Phi) is 8.44. The molecule has 0 heterocycles. The van der Waals surface area contributed by atoms with Crippen molar-refractivity contribution in [3.8, 4) is 0 Å². The molecule has 156 valence electrons. The molecule has 1 atom stereocenters. The zero-order valence-electron chi connectivity index (χ0n) is 18.4. The van der Waals surface area contributed by atoms with Crippen LogP contribution in [0.1, 0.15) is 62.3 Å². The molecule has 1 N–H and O–H groups in total. The van der Waals surface area contributed by atoms with Gasteiger partial charge < -0.3 is 10.2 Å². The quantitative estimate of drug-likeness (QED) is 0.675. The van der Waals surface area contributed by atoms with E-state index in [4.69, 9.17) is 0 Å². The summed E-state index contributed by atoms with van der Waals surface area (Å²) < 4.78 is 0. The summed E-state index contributed by atoms with van der Waals surface area (Å²) in [5.41, 5.74) is 4.63. The van der Waals surface area contributed by atoms with Gasteiger partial charge in [0, 0.05) is 19.5 Å². The van der Waals surface area contributed by atoms with Gasteiger partial charge in [0.1, 0.15) is 6.04 Å². The predicted octanol–water partition coefficient (Wildman–Crippen LogP) is 4.60. The first kappa shape index (κ1) is 22.7. The lowest BCUT2D eigenvalue weighted by Crippen LogP contribution is -2.47. The second-order valence-electron chi connectivity index (χ2n) is 7.91. The third-order valence-electron chi connectivity index (χ3n) is 5.39. The van der Waals surface area contributed by atoms with Crippen LogP contribution in [0.3, 0.4) is 0 Å². The Morgan fingerprint density at radius 2 is 1.66 bits per heavy atom. The summed E-state index contributed by atoms with van der Waals surface area (Å²) in [7, 11) is 0. The van der Waals surface area contributed by atoms with Crippen LogP contribution in [0.5, 0.6) is 0 Å². The Labute approximate surface area is 175 Å². The summed E-state index contributed by atoms with van der Waals surface area (Å²) in [5.74, 6) is 0.379. The van der Waals surface area contributed by atoms with Gasteiger partial charge in [0.25, 0.3) is 0 Å². The highest BCUT2D eigenvalue weighted by molar-refractivity contribution is 5.87. The molecule has 0 aliphatic carbocycles. The largest absolute Gasteiger partial charge is 0.355 e. The van der Waals surface area contributed by atoms with E-state index < -0.39 is 6.04 Å². The third kappa shape index (κ3) is 6.45. The highest BCUT2D eigenvalue weighted by Gasteiger charge is 2.25. The molecule has 0 saturated heterocycles. The summed E-state index contributed by atoms with van der Waals surface area (Å²) in [4.78, 5) is 27.2. The van der Waals surface area contributed by atoms with Crippen molar-refractivity contribution >= 4 is 11.8 Å². The molecule has 0 aromatic heterocycles. The van der Waals surface area contributed by atoms with Crippen molar-refractivity contribution in [3.63, 3.8) is 0 Å². The van der Waals surface area contributed by atoms with Gasteiger partial charge in [-0.05, 0) is 55.4 Å². The van der Waals surface area contributed by atoms with Crippen LogP contribution in [0.4, 0.5) is 0 Å². The zero-order chi connectivity index (χ0) is 21.4. The van der Waals surface area contributed by atoms with Crippen LogP contribution in [0.25, 0.3) is 0 Å². The number of hydrogen-bond acceptors (Lipinski definition) is 2. The fourth-order valence-electron chi connectivity index (χ4n) is 3.34. The molecular formula is C25H34N2O2. The van der Waals surface area contributed by atoms with Crippen molar-refractivity contribution in [2.45, 2.75) is 66.0 Å². The Bertz CT molecular complexity index is 812. The first-order chi connectivity index (χ1) is 13.8. The summed E-state index contributed by atoms with van der Waals surface area (Å²) in [6.45, 7) is 11.1. The summed E-state index contributed by atoms with van der Waals surface area (Å²) in [5, 5.41) is 2.84. The van der Waals surface area contributed by atoms with Gasteiger partial charge in [-0.25, -0.2) is 0 Å². The number of nitrogens with one attached hydrogen (secondary N) is 1. The van der Waals surface area contributed by atoms with Gasteiger partial charge in [-0.2, -0.15) is 0 Å². The number of nitrogens with zero attached hydrogens (tertiary/aromatic N) is 1. The number of rotatable bonds is 9. The Morgan fingerprint density at radius 3 is 2.24 bits per heavy atom. The molecule has 29 heavy (non-hydrogen) atoms. The monoisotopic (exact) mass is 394 g/mol. The van der Waals surface area contributed by atoms with Crippen LogP contribution in [0.2, 0.25) is 0 Å². The number of carbonyl (C=O) groups excluding carboxylic acids is 2. The van der Waals surface area contributed by atoms with E-state index in [2.05, 4.69) is 43.4 Å². The van der Waals surface area contributed by atoms with Gasteiger partial charge in [-0.15, -0.1) is 0 Å². The first-order valence-electron chi connectivity index (χ1n) is 10.5. The van der Waals surface area contributed by atoms with E-state index in [0.717, 1.165) is 16.7 Å². The Hall–Kier alpha value is -2.62. The Morgan fingerprint density at radius 1 is 1.00 bits per heavy atom. The van der Waals surface area contributed by atoms with Gasteiger partial charge in [-0.1, -0.05) is 62.4 Å². The average molecular weight is 395 g/mol. The van der Waals surface area contributed by atoms with Crippen LogP contribution in [-0.4, -0.2) is 29.3 Å². The van der Waals surface area contributed by atoms with Gasteiger partial charge in [0.15, 0.2) is 0 Å². The molecule has 2 amide bonds. The van der Waals surface area contributed by atoms with Crippen LogP contribution in [0.15, 0.2) is 48.5 Å². The minimum absolute atomic E-state index is 0.0000535. The molecule has 2 aromatic carbocycles. The molecule has 4 heteroatoms. The highest BCUT2D eigenvalue weighted by atomic mass is 16.2. The molecule has 0 aliphatic heterocycles. The molecule has 0 aliphatic rings. The van der Waals surface area contributed by atoms with Crippen molar-refractivity contribution in [2.75, 3.05) is 6.54 Å². The molecular weight excluding hydrogens is 360 g/mol. The molecule has 0 bridgehead atoms. The average Bonchev–Trinajstić information content (AvgIpc) is 2.71. The van der Waals surface area contributed by atoms with Crippen LogP contribution in [-0.2, 0) is 22.6 Å². The number of benzene rings is 2. The van der Waals surface area contributed by atoms with Crippen molar-refractivity contribution in [1.82, 2.24) is 10.2 Å². The molecule has 4 nitrogen and oxygen atoms in total. The van der Waals surface area contributed by atoms with Gasteiger partial charge in [-0.3, -0.25) is 9.59 Å². The lowest BCUT2D eigenvalue weighted by Gasteiger charge is -2.29. The maximum absolute atomic E-state index is 13.1. The molecule has 0 unspecified atom stereocenters. The topological polar surface area (TPSA) is 49.4 Å². The number of amides is 2. The standard InChI is InChI=1S/C25H34N2O2/c1-6-26-25(29)20(5)27(17-23-10-8-7-9-19(23)4)24(28)16-13-21-11-14-22(15-12-21)18(2)3/h7-12,14-15,18,20H,6,13,16-17H2,1-5H3,(H,26,29)/t20-/m0/s1. The lowest BCUT2D eigenvalue weighted by molar-refractivity contribution is -0.140. The number of hydrogen-bond donors (Lipinski definition) is 1. The third-order valence-corrected chi connectivity index (χ3v) is 5.39. The van der Waals surface area contributed by atoms with Gasteiger partial charge in [0.2, 0.25) is 11.8 Å². The van der Waals surface area contributed by atoms with Crippen molar-refractivity contribution in [2.24, 2.45) is 0 Å². The van der Waals surface area contributed by atoms with E-state index in [1.54, 1.807) is 11.8 Å². The van der Waals surface area contributed by atoms with Gasteiger partial charge >= 0.3 is 0 Å². The van der Waals surface area contributed by atoms with Crippen LogP contribution < -0.4 is 5.32 Å². The van der Waals surface area contributed by atoms with E-state index in [-0.39, 0.29) is 11.8 Å². The number of aryl methyl sites for hydroxylation is 2. The fraction of sp³-hybridized carbons (Fsp3) is 0.440. The summed E-state index contributed by atoms with van der Waals surface area (Å²) >= 11 is 0. The molecule has 0 saturated carbocycles. The van der Waals surface area contributed by atoms with Crippen LogP contribution in [0, 0.1) is 6.92 Å². The van der Waals surface area contributed by atoms with E-state index in [0.29, 0.717) is 31.8 Å². The zero-order valence-corrected chi connectivity index (χ0v) is 18.4. The minimum atomic E-state index is -0.509. The molecule has 2 aromatic rings. The fourth-order valence-corrected chi connectivity index (χ4v) is 3.34. The van der Waals surface area contributed by atoms with E-state index >= 15 is 0 Å². The smallest absolute Gasteiger partial charge is 0.242 e. The molecule has 0 radical (unpaired) electrons. The minimum Gasteiger partial charge on any atom is -0.355 e. The number of likely N-dealkylation sites (N-methyl/N-ethyl adjacent to an activating group) is 1.